The molecule has 0 radical (unpaired) electrons. The van der Waals surface area contributed by atoms with Gasteiger partial charge in [-0.05, 0) is 36.6 Å². The average Bonchev–Trinajstić information content (AvgIpc) is 2.77. The van der Waals surface area contributed by atoms with Gasteiger partial charge < -0.3 is 14.8 Å². The molecule has 112 valence electrons. The summed E-state index contributed by atoms with van der Waals surface area (Å²) in [6.45, 7) is 2.79. The highest BCUT2D eigenvalue weighted by atomic mass is 19.1. The highest BCUT2D eigenvalue weighted by molar-refractivity contribution is 5.84. The SMILES string of the molecule is CN1CCCN=C1NCCc1cn(C)c2cc(F)ccc12. The van der Waals surface area contributed by atoms with Crippen molar-refractivity contribution < 1.29 is 4.39 Å². The van der Waals surface area contributed by atoms with Crippen LogP contribution in [0, 0.1) is 5.82 Å². The van der Waals surface area contributed by atoms with Gasteiger partial charge in [-0.25, -0.2) is 4.39 Å². The van der Waals surface area contributed by atoms with Crippen LogP contribution in [-0.2, 0) is 13.5 Å². The number of nitrogens with zero attached hydrogens (tertiary/aromatic N) is 3. The molecule has 0 atom stereocenters. The van der Waals surface area contributed by atoms with E-state index in [0.29, 0.717) is 0 Å². The molecule has 21 heavy (non-hydrogen) atoms. The van der Waals surface area contributed by atoms with Crippen LogP contribution in [0.3, 0.4) is 0 Å². The average molecular weight is 288 g/mol. The van der Waals surface area contributed by atoms with E-state index in [9.17, 15) is 4.39 Å². The van der Waals surface area contributed by atoms with Crippen LogP contribution in [-0.4, -0.2) is 42.1 Å². The summed E-state index contributed by atoms with van der Waals surface area (Å²) in [6, 6.07) is 4.98. The Morgan fingerprint density at radius 3 is 3.00 bits per heavy atom. The summed E-state index contributed by atoms with van der Waals surface area (Å²) in [5.74, 6) is 0.791. The first kappa shape index (κ1) is 13.9. The maximum atomic E-state index is 13.3. The Hall–Kier alpha value is -2.04. The van der Waals surface area contributed by atoms with E-state index in [0.717, 1.165) is 49.3 Å². The predicted octanol–water partition coefficient (Wildman–Crippen LogP) is 2.14. The van der Waals surface area contributed by atoms with Crippen molar-refractivity contribution in [1.29, 1.82) is 0 Å². The maximum Gasteiger partial charge on any atom is 0.193 e. The third-order valence-electron chi connectivity index (χ3n) is 3.99. The summed E-state index contributed by atoms with van der Waals surface area (Å²) < 4.78 is 15.3. The summed E-state index contributed by atoms with van der Waals surface area (Å²) in [7, 11) is 4.02. The topological polar surface area (TPSA) is 32.6 Å². The minimum atomic E-state index is -0.188. The molecule has 5 heteroatoms. The molecule has 0 fully saturated rings. The zero-order chi connectivity index (χ0) is 14.8. The van der Waals surface area contributed by atoms with Crippen molar-refractivity contribution in [2.45, 2.75) is 12.8 Å². The molecule has 2 heterocycles. The third kappa shape index (κ3) is 2.86. The second-order valence-electron chi connectivity index (χ2n) is 5.58. The number of aryl methyl sites for hydroxylation is 1. The molecule has 2 aromatic rings. The highest BCUT2D eigenvalue weighted by Crippen LogP contribution is 2.21. The first-order valence-corrected chi connectivity index (χ1v) is 7.38. The number of halogens is 1. The quantitative estimate of drug-likeness (QED) is 0.938. The smallest absolute Gasteiger partial charge is 0.193 e. The van der Waals surface area contributed by atoms with E-state index in [4.69, 9.17) is 0 Å². The summed E-state index contributed by atoms with van der Waals surface area (Å²) in [6.07, 6.45) is 4.10. The van der Waals surface area contributed by atoms with Gasteiger partial charge in [0.2, 0.25) is 0 Å². The van der Waals surface area contributed by atoms with Gasteiger partial charge in [0.25, 0.3) is 0 Å². The number of aliphatic imine (C=N–C) groups is 1. The summed E-state index contributed by atoms with van der Waals surface area (Å²) in [5.41, 5.74) is 2.18. The molecule has 3 rings (SSSR count). The second kappa shape index (κ2) is 5.76. The van der Waals surface area contributed by atoms with E-state index in [1.807, 2.05) is 17.7 Å². The largest absolute Gasteiger partial charge is 0.356 e. The van der Waals surface area contributed by atoms with E-state index in [1.54, 1.807) is 6.07 Å². The first-order valence-electron chi connectivity index (χ1n) is 7.38. The van der Waals surface area contributed by atoms with Crippen molar-refractivity contribution in [3.05, 3.63) is 35.8 Å². The Balaban J connectivity index is 1.70. The Bertz CT molecular complexity index is 674. The van der Waals surface area contributed by atoms with Gasteiger partial charge >= 0.3 is 0 Å². The van der Waals surface area contributed by atoms with E-state index in [-0.39, 0.29) is 5.82 Å². The lowest BCUT2D eigenvalue weighted by Crippen LogP contribution is -2.42. The molecule has 0 amide bonds. The van der Waals surface area contributed by atoms with Gasteiger partial charge in [-0.3, -0.25) is 4.99 Å². The highest BCUT2D eigenvalue weighted by Gasteiger charge is 2.11. The van der Waals surface area contributed by atoms with Gasteiger partial charge in [-0.1, -0.05) is 0 Å². The van der Waals surface area contributed by atoms with Crippen LogP contribution in [0.2, 0.25) is 0 Å². The first-order chi connectivity index (χ1) is 10.1. The van der Waals surface area contributed by atoms with Gasteiger partial charge in [-0.15, -0.1) is 0 Å². The lowest BCUT2D eigenvalue weighted by molar-refractivity contribution is 0.447. The summed E-state index contributed by atoms with van der Waals surface area (Å²) in [4.78, 5) is 6.65. The predicted molar refractivity (Wildman–Crippen MR) is 84.1 cm³/mol. The van der Waals surface area contributed by atoms with Crippen molar-refractivity contribution in [3.8, 4) is 0 Å². The maximum absolute atomic E-state index is 13.3. The number of hydrogen-bond donors (Lipinski definition) is 1. The number of nitrogens with one attached hydrogen (secondary N) is 1. The lowest BCUT2D eigenvalue weighted by atomic mass is 10.1. The Kier molecular flexibility index (Phi) is 3.82. The molecule has 0 saturated heterocycles. The molecule has 0 unspecified atom stereocenters. The lowest BCUT2D eigenvalue weighted by Gasteiger charge is -2.25. The van der Waals surface area contributed by atoms with Gasteiger partial charge in [0.1, 0.15) is 5.82 Å². The molecule has 0 saturated carbocycles. The number of guanidine groups is 1. The molecule has 1 N–H and O–H groups in total. The molecular weight excluding hydrogens is 267 g/mol. The molecule has 0 spiro atoms. The summed E-state index contributed by atoms with van der Waals surface area (Å²) >= 11 is 0. The summed E-state index contributed by atoms with van der Waals surface area (Å²) in [5, 5.41) is 4.52. The molecule has 1 aliphatic rings. The second-order valence-corrected chi connectivity index (χ2v) is 5.58. The van der Waals surface area contributed by atoms with E-state index >= 15 is 0 Å². The number of rotatable bonds is 3. The zero-order valence-corrected chi connectivity index (χ0v) is 12.6. The molecular formula is C16H21FN4. The number of fused-ring (bicyclic) bond motifs is 1. The number of benzene rings is 1. The van der Waals surface area contributed by atoms with Gasteiger partial charge in [-0.2, -0.15) is 0 Å². The van der Waals surface area contributed by atoms with Crippen LogP contribution in [0.4, 0.5) is 4.39 Å². The van der Waals surface area contributed by atoms with Gasteiger partial charge in [0.05, 0.1) is 5.52 Å². The van der Waals surface area contributed by atoms with Crippen molar-refractivity contribution >= 4 is 16.9 Å². The van der Waals surface area contributed by atoms with E-state index in [2.05, 4.69) is 28.5 Å². The van der Waals surface area contributed by atoms with Crippen molar-refractivity contribution in [1.82, 2.24) is 14.8 Å². The Morgan fingerprint density at radius 2 is 2.19 bits per heavy atom. The van der Waals surface area contributed by atoms with Crippen LogP contribution in [0.15, 0.2) is 29.4 Å². The van der Waals surface area contributed by atoms with Crippen LogP contribution < -0.4 is 5.32 Å². The zero-order valence-electron chi connectivity index (χ0n) is 12.6. The number of hydrogen-bond acceptors (Lipinski definition) is 3. The normalized spacial score (nSPS) is 15.4. The van der Waals surface area contributed by atoms with Crippen LogP contribution >= 0.6 is 0 Å². The molecule has 0 bridgehead atoms. The van der Waals surface area contributed by atoms with Crippen LogP contribution in [0.25, 0.3) is 10.9 Å². The van der Waals surface area contributed by atoms with E-state index < -0.39 is 0 Å². The fourth-order valence-electron chi connectivity index (χ4n) is 2.86. The van der Waals surface area contributed by atoms with E-state index in [1.165, 1.54) is 11.6 Å². The standard InChI is InChI=1S/C16H21FN4/c1-20-9-3-7-18-16(20)19-8-6-12-11-21(2)15-10-13(17)4-5-14(12)15/h4-5,10-11H,3,6-9H2,1-2H3,(H,18,19). The minimum absolute atomic E-state index is 0.188. The fourth-order valence-corrected chi connectivity index (χ4v) is 2.86. The van der Waals surface area contributed by atoms with Crippen LogP contribution in [0.1, 0.15) is 12.0 Å². The van der Waals surface area contributed by atoms with Crippen molar-refractivity contribution in [2.75, 3.05) is 26.7 Å². The molecule has 1 aromatic heterocycles. The molecule has 1 aromatic carbocycles. The monoisotopic (exact) mass is 288 g/mol. The fraction of sp³-hybridized carbons (Fsp3) is 0.438. The molecule has 1 aliphatic heterocycles. The third-order valence-corrected chi connectivity index (χ3v) is 3.99. The minimum Gasteiger partial charge on any atom is -0.356 e. The van der Waals surface area contributed by atoms with Crippen LogP contribution in [0.5, 0.6) is 0 Å². The van der Waals surface area contributed by atoms with Gasteiger partial charge in [0, 0.05) is 45.3 Å². The molecule has 0 aliphatic carbocycles. The molecule has 4 nitrogen and oxygen atoms in total. The number of aromatic nitrogens is 1. The Morgan fingerprint density at radius 1 is 1.33 bits per heavy atom. The Labute approximate surface area is 124 Å². The van der Waals surface area contributed by atoms with Gasteiger partial charge in [0.15, 0.2) is 5.96 Å². The van der Waals surface area contributed by atoms with Crippen molar-refractivity contribution in [2.24, 2.45) is 12.0 Å². The van der Waals surface area contributed by atoms with Crippen molar-refractivity contribution in [3.63, 3.8) is 0 Å².